The summed E-state index contributed by atoms with van der Waals surface area (Å²) in [5.74, 6) is 0.213. The minimum atomic E-state index is -3.51. The zero-order chi connectivity index (χ0) is 19.2. The Morgan fingerprint density at radius 2 is 1.65 bits per heavy atom. The van der Waals surface area contributed by atoms with Crippen LogP contribution in [-0.2, 0) is 21.2 Å². The quantitative estimate of drug-likeness (QED) is 0.710. The van der Waals surface area contributed by atoms with Crippen molar-refractivity contribution in [1.82, 2.24) is 4.90 Å². The summed E-state index contributed by atoms with van der Waals surface area (Å²) in [6.07, 6.45) is -0.0224. The maximum Gasteiger partial charge on any atom is 0.223 e. The Hall–Kier alpha value is -2.34. The largest absolute Gasteiger partial charge is 0.491 e. The maximum absolute atomic E-state index is 12.4. The molecule has 0 aliphatic carbocycles. The van der Waals surface area contributed by atoms with E-state index in [0.29, 0.717) is 12.3 Å². The normalized spacial score (nSPS) is 11.4. The number of amides is 1. The van der Waals surface area contributed by atoms with Gasteiger partial charge in [-0.1, -0.05) is 30.3 Å². The van der Waals surface area contributed by atoms with Crippen molar-refractivity contribution in [2.45, 2.75) is 37.8 Å². The van der Waals surface area contributed by atoms with Crippen LogP contribution in [0.2, 0.25) is 0 Å². The fourth-order valence-electron chi connectivity index (χ4n) is 2.47. The molecule has 0 aromatic heterocycles. The lowest BCUT2D eigenvalue weighted by molar-refractivity contribution is -0.130. The van der Waals surface area contributed by atoms with Crippen molar-refractivity contribution in [1.29, 1.82) is 0 Å². The van der Waals surface area contributed by atoms with Gasteiger partial charge in [0.05, 0.1) is 16.8 Å². The molecule has 0 heterocycles. The first-order chi connectivity index (χ1) is 12.3. The second kappa shape index (κ2) is 8.85. The lowest BCUT2D eigenvalue weighted by atomic mass is 10.2. The van der Waals surface area contributed by atoms with E-state index in [1.54, 1.807) is 24.1 Å². The van der Waals surface area contributed by atoms with E-state index in [9.17, 15) is 13.2 Å². The number of carbonyl (C=O) groups is 1. The van der Waals surface area contributed by atoms with Crippen molar-refractivity contribution in [3.63, 3.8) is 0 Å². The molecule has 0 aliphatic rings. The monoisotopic (exact) mass is 375 g/mol. The first kappa shape index (κ1) is 20.0. The minimum Gasteiger partial charge on any atom is -0.491 e. The van der Waals surface area contributed by atoms with Gasteiger partial charge in [0.2, 0.25) is 5.91 Å². The topological polar surface area (TPSA) is 63.7 Å². The molecule has 2 aromatic rings. The lowest BCUT2D eigenvalue weighted by Crippen LogP contribution is -2.28. The lowest BCUT2D eigenvalue weighted by Gasteiger charge is -2.17. The summed E-state index contributed by atoms with van der Waals surface area (Å²) < 4.78 is 30.4. The molecule has 1 amide bonds. The summed E-state index contributed by atoms with van der Waals surface area (Å²) in [4.78, 5) is 14.0. The number of rotatable bonds is 8. The van der Waals surface area contributed by atoms with Crippen molar-refractivity contribution in [2.75, 3.05) is 12.8 Å². The predicted molar refractivity (Wildman–Crippen MR) is 102 cm³/mol. The molecule has 0 radical (unpaired) electrons. The average molecular weight is 375 g/mol. The van der Waals surface area contributed by atoms with Gasteiger partial charge in [-0.2, -0.15) is 0 Å². The standard InChI is InChI=1S/C20H25NO4S/c1-16(2)25-18-9-11-19(12-10-18)26(23,24)14-13-20(22)21(3)15-17-7-5-4-6-8-17/h4-12,16H,13-15H2,1-3H3. The first-order valence-electron chi connectivity index (χ1n) is 8.55. The van der Waals surface area contributed by atoms with Gasteiger partial charge < -0.3 is 9.64 Å². The van der Waals surface area contributed by atoms with Gasteiger partial charge in [0.1, 0.15) is 5.75 Å². The summed E-state index contributed by atoms with van der Waals surface area (Å²) in [6.45, 7) is 4.27. The molecule has 0 aliphatic heterocycles. The Morgan fingerprint density at radius 1 is 1.04 bits per heavy atom. The number of hydrogen-bond acceptors (Lipinski definition) is 4. The van der Waals surface area contributed by atoms with Crippen LogP contribution in [0.3, 0.4) is 0 Å². The van der Waals surface area contributed by atoms with Gasteiger partial charge in [-0.25, -0.2) is 8.42 Å². The summed E-state index contributed by atoms with van der Waals surface area (Å²) in [5, 5.41) is 0. The van der Waals surface area contributed by atoms with Gasteiger partial charge in [-0.05, 0) is 43.7 Å². The van der Waals surface area contributed by atoms with Crippen LogP contribution < -0.4 is 4.74 Å². The van der Waals surface area contributed by atoms with E-state index in [0.717, 1.165) is 5.56 Å². The molecule has 0 saturated heterocycles. The van der Waals surface area contributed by atoms with Gasteiger partial charge in [-0.15, -0.1) is 0 Å². The Morgan fingerprint density at radius 3 is 2.23 bits per heavy atom. The molecule has 0 spiro atoms. The Bertz CT molecular complexity index is 815. The summed E-state index contributed by atoms with van der Waals surface area (Å²) in [5.41, 5.74) is 1.01. The van der Waals surface area contributed by atoms with Crippen LogP contribution in [0.5, 0.6) is 5.75 Å². The molecule has 26 heavy (non-hydrogen) atoms. The van der Waals surface area contributed by atoms with Gasteiger partial charge >= 0.3 is 0 Å². The van der Waals surface area contributed by atoms with E-state index in [-0.39, 0.29) is 29.1 Å². The van der Waals surface area contributed by atoms with Crippen molar-refractivity contribution in [3.8, 4) is 5.75 Å². The van der Waals surface area contributed by atoms with Gasteiger partial charge in [0.25, 0.3) is 0 Å². The molecule has 2 aromatic carbocycles. The van der Waals surface area contributed by atoms with Crippen LogP contribution in [-0.4, -0.2) is 38.1 Å². The van der Waals surface area contributed by atoms with Crippen molar-refractivity contribution in [3.05, 3.63) is 60.2 Å². The third kappa shape index (κ3) is 5.88. The molecule has 0 unspecified atom stereocenters. The molecule has 0 atom stereocenters. The van der Waals surface area contributed by atoms with Crippen LogP contribution in [0.25, 0.3) is 0 Å². The van der Waals surface area contributed by atoms with Crippen LogP contribution in [0.1, 0.15) is 25.8 Å². The number of hydrogen-bond donors (Lipinski definition) is 0. The number of nitrogens with zero attached hydrogens (tertiary/aromatic N) is 1. The number of carbonyl (C=O) groups excluding carboxylic acids is 1. The highest BCUT2D eigenvalue weighted by molar-refractivity contribution is 7.91. The third-order valence-electron chi connectivity index (χ3n) is 3.83. The number of ether oxygens (including phenoxy) is 1. The molecule has 2 rings (SSSR count). The average Bonchev–Trinajstić information content (AvgIpc) is 2.60. The Balaban J connectivity index is 1.93. The second-order valence-electron chi connectivity index (χ2n) is 6.44. The maximum atomic E-state index is 12.4. The third-order valence-corrected chi connectivity index (χ3v) is 5.56. The SMILES string of the molecule is CC(C)Oc1ccc(S(=O)(=O)CCC(=O)N(C)Cc2ccccc2)cc1. The fourth-order valence-corrected chi connectivity index (χ4v) is 3.70. The van der Waals surface area contributed by atoms with Crippen molar-refractivity contribution in [2.24, 2.45) is 0 Å². The van der Waals surface area contributed by atoms with Gasteiger partial charge in [0.15, 0.2) is 9.84 Å². The van der Waals surface area contributed by atoms with Crippen molar-refractivity contribution < 1.29 is 17.9 Å². The fraction of sp³-hybridized carbons (Fsp3) is 0.350. The number of benzene rings is 2. The highest BCUT2D eigenvalue weighted by atomic mass is 32.2. The Kier molecular flexibility index (Phi) is 6.80. The summed E-state index contributed by atoms with van der Waals surface area (Å²) >= 11 is 0. The zero-order valence-electron chi connectivity index (χ0n) is 15.4. The van der Waals surface area contributed by atoms with E-state index in [1.807, 2.05) is 44.2 Å². The molecule has 0 fully saturated rings. The Labute approximate surface area is 155 Å². The van der Waals surface area contributed by atoms with Crippen LogP contribution in [0, 0.1) is 0 Å². The van der Waals surface area contributed by atoms with Crippen molar-refractivity contribution >= 4 is 15.7 Å². The summed E-state index contributed by atoms with van der Waals surface area (Å²) in [6, 6.07) is 15.9. The molecular weight excluding hydrogens is 350 g/mol. The highest BCUT2D eigenvalue weighted by Crippen LogP contribution is 2.19. The van der Waals surface area contributed by atoms with E-state index >= 15 is 0 Å². The molecular formula is C20H25NO4S. The molecule has 5 nitrogen and oxygen atoms in total. The van der Waals surface area contributed by atoms with E-state index < -0.39 is 9.84 Å². The zero-order valence-corrected chi connectivity index (χ0v) is 16.2. The van der Waals surface area contributed by atoms with Gasteiger partial charge in [-0.3, -0.25) is 4.79 Å². The van der Waals surface area contributed by atoms with Crippen LogP contribution >= 0.6 is 0 Å². The van der Waals surface area contributed by atoms with E-state index in [1.165, 1.54) is 12.1 Å². The smallest absolute Gasteiger partial charge is 0.223 e. The van der Waals surface area contributed by atoms with E-state index in [2.05, 4.69) is 0 Å². The van der Waals surface area contributed by atoms with Crippen LogP contribution in [0.15, 0.2) is 59.5 Å². The molecule has 0 N–H and O–H groups in total. The van der Waals surface area contributed by atoms with Gasteiger partial charge in [0, 0.05) is 20.0 Å². The van der Waals surface area contributed by atoms with E-state index in [4.69, 9.17) is 4.74 Å². The minimum absolute atomic E-state index is 0.0234. The summed E-state index contributed by atoms with van der Waals surface area (Å²) in [7, 11) is -1.83. The first-order valence-corrected chi connectivity index (χ1v) is 10.2. The highest BCUT2D eigenvalue weighted by Gasteiger charge is 2.18. The second-order valence-corrected chi connectivity index (χ2v) is 8.55. The molecule has 0 saturated carbocycles. The van der Waals surface area contributed by atoms with Crippen LogP contribution in [0.4, 0.5) is 0 Å². The molecule has 6 heteroatoms. The molecule has 140 valence electrons. The predicted octanol–water partition coefficient (Wildman–Crippen LogP) is 3.30. The number of sulfone groups is 1. The molecule has 0 bridgehead atoms.